The average molecular weight is 233 g/mol. The van der Waals surface area contributed by atoms with Crippen LogP contribution in [-0.2, 0) is 0 Å². The topological polar surface area (TPSA) is 38.9 Å². The second-order valence-corrected chi connectivity index (χ2v) is 4.15. The number of aromatic nitrogens is 1. The average Bonchev–Trinajstić information content (AvgIpc) is 2.29. The van der Waals surface area contributed by atoms with Crippen molar-refractivity contribution in [3.63, 3.8) is 0 Å². The normalized spacial score (nSPS) is 12.4. The molecule has 0 bridgehead atoms. The molecule has 0 amide bonds. The first-order chi connectivity index (χ1) is 7.68. The number of benzene rings is 1. The minimum Gasteiger partial charge on any atom is -0.323 e. The van der Waals surface area contributed by atoms with Crippen molar-refractivity contribution in [1.82, 2.24) is 4.98 Å². The molecule has 0 aliphatic carbocycles. The van der Waals surface area contributed by atoms with Crippen LogP contribution in [0.5, 0.6) is 0 Å². The van der Waals surface area contributed by atoms with Gasteiger partial charge in [0.25, 0.3) is 0 Å². The van der Waals surface area contributed by atoms with Gasteiger partial charge in [0.15, 0.2) is 0 Å². The number of hydrogen-bond donors (Lipinski definition) is 1. The van der Waals surface area contributed by atoms with Gasteiger partial charge in [0.2, 0.25) is 0 Å². The molecule has 2 rings (SSSR count). The fourth-order valence-corrected chi connectivity index (χ4v) is 1.91. The van der Waals surface area contributed by atoms with E-state index in [4.69, 9.17) is 17.3 Å². The highest BCUT2D eigenvalue weighted by molar-refractivity contribution is 6.31. The zero-order valence-corrected chi connectivity index (χ0v) is 9.78. The van der Waals surface area contributed by atoms with Crippen LogP contribution in [0, 0.1) is 0 Å². The Bertz CT molecular complexity index is 481. The van der Waals surface area contributed by atoms with Gasteiger partial charge in [-0.1, -0.05) is 41.9 Å². The third kappa shape index (κ3) is 2.23. The van der Waals surface area contributed by atoms with E-state index in [0.717, 1.165) is 16.8 Å². The molecule has 1 atom stereocenters. The molecule has 0 aliphatic rings. The summed E-state index contributed by atoms with van der Waals surface area (Å²) in [4.78, 5) is 4.30. The van der Waals surface area contributed by atoms with E-state index >= 15 is 0 Å². The van der Waals surface area contributed by atoms with Crippen molar-refractivity contribution in [2.75, 3.05) is 0 Å². The molecule has 1 aromatic carbocycles. The van der Waals surface area contributed by atoms with Gasteiger partial charge in [-0.25, -0.2) is 0 Å². The summed E-state index contributed by atoms with van der Waals surface area (Å²) in [5.41, 5.74) is 8.61. The number of hydrogen-bond acceptors (Lipinski definition) is 2. The monoisotopic (exact) mass is 232 g/mol. The van der Waals surface area contributed by atoms with Crippen LogP contribution in [0.15, 0.2) is 42.6 Å². The van der Waals surface area contributed by atoms with Crippen LogP contribution in [0.1, 0.15) is 18.7 Å². The smallest absolute Gasteiger partial charge is 0.0754 e. The standard InChI is InChI=1S/C13H13ClN2/c1-9(15)13-12(14)7-11(8-16-13)10-5-3-2-4-6-10/h2-9H,15H2,1H3. The van der Waals surface area contributed by atoms with Crippen molar-refractivity contribution in [2.24, 2.45) is 5.73 Å². The molecule has 82 valence electrons. The molecular formula is C13H13ClN2. The summed E-state index contributed by atoms with van der Waals surface area (Å²) in [7, 11) is 0. The predicted octanol–water partition coefficient (Wildman–Crippen LogP) is 3.42. The van der Waals surface area contributed by atoms with Crippen molar-refractivity contribution in [3.05, 3.63) is 53.3 Å². The van der Waals surface area contributed by atoms with Gasteiger partial charge in [0.1, 0.15) is 0 Å². The van der Waals surface area contributed by atoms with E-state index in [0.29, 0.717) is 5.02 Å². The molecule has 1 heterocycles. The van der Waals surface area contributed by atoms with Gasteiger partial charge in [-0.05, 0) is 18.6 Å². The molecular weight excluding hydrogens is 220 g/mol. The van der Waals surface area contributed by atoms with Gasteiger partial charge in [-0.15, -0.1) is 0 Å². The molecule has 2 N–H and O–H groups in total. The van der Waals surface area contributed by atoms with Crippen LogP contribution in [0.3, 0.4) is 0 Å². The molecule has 3 heteroatoms. The summed E-state index contributed by atoms with van der Waals surface area (Å²) in [5, 5.41) is 0.622. The quantitative estimate of drug-likeness (QED) is 0.862. The molecule has 0 saturated carbocycles. The van der Waals surface area contributed by atoms with E-state index in [1.807, 2.05) is 43.3 Å². The highest BCUT2D eigenvalue weighted by Gasteiger charge is 2.08. The lowest BCUT2D eigenvalue weighted by Crippen LogP contribution is -2.07. The van der Waals surface area contributed by atoms with Crippen molar-refractivity contribution in [1.29, 1.82) is 0 Å². The molecule has 0 aliphatic heterocycles. The molecule has 1 aromatic heterocycles. The van der Waals surface area contributed by atoms with Gasteiger partial charge >= 0.3 is 0 Å². The van der Waals surface area contributed by atoms with Crippen LogP contribution in [0.25, 0.3) is 11.1 Å². The first kappa shape index (κ1) is 11.1. The Morgan fingerprint density at radius 2 is 1.88 bits per heavy atom. The van der Waals surface area contributed by atoms with Gasteiger partial charge in [0, 0.05) is 17.8 Å². The summed E-state index contributed by atoms with van der Waals surface area (Å²) < 4.78 is 0. The van der Waals surface area contributed by atoms with Crippen molar-refractivity contribution >= 4 is 11.6 Å². The number of halogens is 1. The molecule has 16 heavy (non-hydrogen) atoms. The van der Waals surface area contributed by atoms with E-state index in [2.05, 4.69) is 4.98 Å². The summed E-state index contributed by atoms with van der Waals surface area (Å²) in [5.74, 6) is 0. The summed E-state index contributed by atoms with van der Waals surface area (Å²) >= 11 is 6.13. The van der Waals surface area contributed by atoms with E-state index in [1.54, 1.807) is 6.20 Å². The summed E-state index contributed by atoms with van der Waals surface area (Å²) in [6.07, 6.45) is 1.81. The van der Waals surface area contributed by atoms with Gasteiger partial charge < -0.3 is 5.73 Å². The summed E-state index contributed by atoms with van der Waals surface area (Å²) in [6, 6.07) is 11.8. The highest BCUT2D eigenvalue weighted by atomic mass is 35.5. The minimum absolute atomic E-state index is 0.141. The lowest BCUT2D eigenvalue weighted by molar-refractivity contribution is 0.782. The SMILES string of the molecule is CC(N)c1ncc(-c2ccccc2)cc1Cl. The lowest BCUT2D eigenvalue weighted by Gasteiger charge is -2.08. The molecule has 1 unspecified atom stereocenters. The molecule has 2 aromatic rings. The first-order valence-corrected chi connectivity index (χ1v) is 5.52. The Kier molecular flexibility index (Phi) is 3.22. The fraction of sp³-hybridized carbons (Fsp3) is 0.154. The lowest BCUT2D eigenvalue weighted by atomic mass is 10.1. The Morgan fingerprint density at radius 1 is 1.19 bits per heavy atom. The van der Waals surface area contributed by atoms with Gasteiger partial charge in [-0.3, -0.25) is 4.98 Å². The molecule has 0 fully saturated rings. The molecule has 0 radical (unpaired) electrons. The number of nitrogens with zero attached hydrogens (tertiary/aromatic N) is 1. The number of rotatable bonds is 2. The van der Waals surface area contributed by atoms with Crippen LogP contribution in [0.4, 0.5) is 0 Å². The van der Waals surface area contributed by atoms with E-state index < -0.39 is 0 Å². The molecule has 2 nitrogen and oxygen atoms in total. The number of nitrogens with two attached hydrogens (primary N) is 1. The first-order valence-electron chi connectivity index (χ1n) is 5.15. The Hall–Kier alpha value is -1.38. The van der Waals surface area contributed by atoms with E-state index in [1.165, 1.54) is 0 Å². The third-order valence-electron chi connectivity index (χ3n) is 2.41. The molecule has 0 spiro atoms. The Labute approximate surface area is 100 Å². The Morgan fingerprint density at radius 3 is 2.44 bits per heavy atom. The predicted molar refractivity (Wildman–Crippen MR) is 67.3 cm³/mol. The zero-order valence-electron chi connectivity index (χ0n) is 9.02. The second kappa shape index (κ2) is 4.64. The molecule has 0 saturated heterocycles. The maximum atomic E-state index is 6.13. The highest BCUT2D eigenvalue weighted by Crippen LogP contribution is 2.25. The van der Waals surface area contributed by atoms with Crippen molar-refractivity contribution < 1.29 is 0 Å². The Balaban J connectivity index is 2.43. The zero-order chi connectivity index (χ0) is 11.5. The maximum Gasteiger partial charge on any atom is 0.0754 e. The van der Waals surface area contributed by atoms with Crippen LogP contribution in [0.2, 0.25) is 5.02 Å². The largest absolute Gasteiger partial charge is 0.323 e. The van der Waals surface area contributed by atoms with Gasteiger partial charge in [0.05, 0.1) is 10.7 Å². The summed E-state index contributed by atoms with van der Waals surface area (Å²) in [6.45, 7) is 1.87. The third-order valence-corrected chi connectivity index (χ3v) is 2.71. The van der Waals surface area contributed by atoms with E-state index in [9.17, 15) is 0 Å². The maximum absolute atomic E-state index is 6.13. The van der Waals surface area contributed by atoms with E-state index in [-0.39, 0.29) is 6.04 Å². The van der Waals surface area contributed by atoms with Crippen LogP contribution in [-0.4, -0.2) is 4.98 Å². The number of pyridine rings is 1. The van der Waals surface area contributed by atoms with Crippen molar-refractivity contribution in [3.8, 4) is 11.1 Å². The van der Waals surface area contributed by atoms with Crippen LogP contribution >= 0.6 is 11.6 Å². The fourth-order valence-electron chi connectivity index (χ4n) is 1.57. The van der Waals surface area contributed by atoms with Gasteiger partial charge in [-0.2, -0.15) is 0 Å². The van der Waals surface area contributed by atoms with Crippen LogP contribution < -0.4 is 5.73 Å². The second-order valence-electron chi connectivity index (χ2n) is 3.75. The minimum atomic E-state index is -0.141. The van der Waals surface area contributed by atoms with Crippen molar-refractivity contribution in [2.45, 2.75) is 13.0 Å².